The van der Waals surface area contributed by atoms with Gasteiger partial charge in [0.2, 0.25) is 0 Å². The van der Waals surface area contributed by atoms with E-state index in [1.54, 1.807) is 13.8 Å². The van der Waals surface area contributed by atoms with Crippen molar-refractivity contribution in [2.75, 3.05) is 12.4 Å². The molecular formula is C13H25O2S-. The van der Waals surface area contributed by atoms with Gasteiger partial charge in [0.05, 0.1) is 12.0 Å². The fourth-order valence-corrected chi connectivity index (χ4v) is 2.02. The summed E-state index contributed by atoms with van der Waals surface area (Å²) < 4.78 is 0. The van der Waals surface area contributed by atoms with Crippen LogP contribution in [0, 0.1) is 17.8 Å². The molecule has 0 radical (unpaired) electrons. The number of unbranched alkanes of at least 4 members (excludes halogenated alkanes) is 2. The number of aliphatic hydroxyl groups is 1. The fraction of sp³-hybridized carbons (Fsp3) is 0.846. The van der Waals surface area contributed by atoms with Crippen LogP contribution < -0.4 is 0 Å². The molecule has 0 aromatic heterocycles. The van der Waals surface area contributed by atoms with Gasteiger partial charge in [0, 0.05) is 0 Å². The zero-order chi connectivity index (χ0) is 12.6. The van der Waals surface area contributed by atoms with E-state index in [1.165, 1.54) is 18.2 Å². The molecule has 0 amide bonds. The molecule has 0 spiro atoms. The first kappa shape index (κ1) is 16.0. The molecule has 0 heterocycles. The summed E-state index contributed by atoms with van der Waals surface area (Å²) in [5, 5.41) is 9.11. The molecule has 0 aliphatic carbocycles. The van der Waals surface area contributed by atoms with Crippen molar-refractivity contribution >= 4 is 16.9 Å². The van der Waals surface area contributed by atoms with Crippen molar-refractivity contribution < 1.29 is 9.90 Å². The van der Waals surface area contributed by atoms with E-state index < -0.39 is 5.41 Å². The molecule has 0 saturated carbocycles. The molecule has 2 nitrogen and oxygen atoms in total. The van der Waals surface area contributed by atoms with E-state index in [1.807, 2.05) is 0 Å². The summed E-state index contributed by atoms with van der Waals surface area (Å²) in [6, 6.07) is 0. The monoisotopic (exact) mass is 245 g/mol. The summed E-state index contributed by atoms with van der Waals surface area (Å²) in [6.07, 6.45) is 5.59. The predicted octanol–water partition coefficient (Wildman–Crippen LogP) is 3.30. The van der Waals surface area contributed by atoms with Gasteiger partial charge in [-0.2, -0.15) is 12.8 Å². The Morgan fingerprint density at radius 1 is 1.38 bits per heavy atom. The van der Waals surface area contributed by atoms with Crippen LogP contribution in [-0.2, 0) is 4.79 Å². The Kier molecular flexibility index (Phi) is 8.12. The highest BCUT2D eigenvalue weighted by atomic mass is 32.2. The quantitative estimate of drug-likeness (QED) is 0.526. The summed E-state index contributed by atoms with van der Waals surface area (Å²) in [5.74, 6) is 1.58. The normalized spacial score (nSPS) is 12.1. The Hall–Kier alpha value is -0.0200. The van der Waals surface area contributed by atoms with Crippen LogP contribution in [0.25, 0.3) is 0 Å². The van der Waals surface area contributed by atoms with E-state index in [0.717, 1.165) is 24.5 Å². The molecule has 0 aromatic carbocycles. The van der Waals surface area contributed by atoms with Gasteiger partial charge < -0.3 is 11.5 Å². The van der Waals surface area contributed by atoms with E-state index in [-0.39, 0.29) is 11.7 Å². The van der Waals surface area contributed by atoms with E-state index in [9.17, 15) is 4.79 Å². The Bertz CT molecular complexity index is 200. The van der Waals surface area contributed by atoms with Crippen molar-refractivity contribution in [3.63, 3.8) is 0 Å². The average Bonchev–Trinajstić information content (AvgIpc) is 2.22. The minimum Gasteiger partial charge on any atom is -0.395 e. The van der Waals surface area contributed by atoms with Crippen molar-refractivity contribution in [3.05, 3.63) is 6.42 Å². The van der Waals surface area contributed by atoms with E-state index >= 15 is 0 Å². The summed E-state index contributed by atoms with van der Waals surface area (Å²) in [7, 11) is 0. The van der Waals surface area contributed by atoms with Gasteiger partial charge in [-0.05, 0) is 25.5 Å². The van der Waals surface area contributed by atoms with E-state index in [4.69, 9.17) is 5.11 Å². The first-order valence-corrected chi connectivity index (χ1v) is 6.98. The number of aliphatic hydroxyl groups excluding tert-OH is 1. The molecule has 0 fully saturated rings. The molecule has 96 valence electrons. The van der Waals surface area contributed by atoms with Gasteiger partial charge in [0.15, 0.2) is 5.12 Å². The molecule has 0 bridgehead atoms. The number of hydrogen-bond donors (Lipinski definition) is 1. The number of thioether (sulfide) groups is 1. The van der Waals surface area contributed by atoms with Gasteiger partial charge in [-0.25, -0.2) is 0 Å². The molecule has 0 aromatic rings. The smallest absolute Gasteiger partial charge is 0.196 e. The molecule has 0 unspecified atom stereocenters. The van der Waals surface area contributed by atoms with Crippen molar-refractivity contribution in [1.82, 2.24) is 0 Å². The summed E-state index contributed by atoms with van der Waals surface area (Å²) in [6.45, 7) is 7.93. The van der Waals surface area contributed by atoms with Crippen LogP contribution in [0.4, 0.5) is 0 Å². The predicted molar refractivity (Wildman–Crippen MR) is 71.3 cm³/mol. The van der Waals surface area contributed by atoms with Crippen LogP contribution in [0.15, 0.2) is 0 Å². The first-order chi connectivity index (χ1) is 7.40. The van der Waals surface area contributed by atoms with Crippen LogP contribution in [0.2, 0.25) is 0 Å². The van der Waals surface area contributed by atoms with E-state index in [2.05, 4.69) is 20.3 Å². The second-order valence-electron chi connectivity index (χ2n) is 5.23. The molecule has 0 aliphatic rings. The zero-order valence-electron chi connectivity index (χ0n) is 11.0. The molecule has 0 aliphatic heterocycles. The molecule has 3 heteroatoms. The highest BCUT2D eigenvalue weighted by molar-refractivity contribution is 8.13. The van der Waals surface area contributed by atoms with Crippen molar-refractivity contribution in [1.29, 1.82) is 0 Å². The van der Waals surface area contributed by atoms with Crippen LogP contribution in [0.1, 0.15) is 47.0 Å². The lowest BCUT2D eigenvalue weighted by atomic mass is 9.97. The van der Waals surface area contributed by atoms with Crippen LogP contribution >= 0.6 is 11.8 Å². The number of hydrogen-bond acceptors (Lipinski definition) is 3. The third-order valence-corrected chi connectivity index (χ3v) is 3.71. The number of carbonyl (C=O) groups is 1. The third-order valence-electron chi connectivity index (χ3n) is 2.45. The van der Waals surface area contributed by atoms with Gasteiger partial charge in [-0.15, -0.1) is 0 Å². The highest BCUT2D eigenvalue weighted by Crippen LogP contribution is 2.24. The summed E-state index contributed by atoms with van der Waals surface area (Å²) >= 11 is 1.34. The first-order valence-electron chi connectivity index (χ1n) is 6.00. The lowest BCUT2D eigenvalue weighted by Gasteiger charge is -2.20. The van der Waals surface area contributed by atoms with Crippen molar-refractivity contribution in [2.45, 2.75) is 47.0 Å². The second kappa shape index (κ2) is 8.13. The lowest BCUT2D eigenvalue weighted by molar-refractivity contribution is -0.119. The summed E-state index contributed by atoms with van der Waals surface area (Å²) in [5.41, 5.74) is -0.595. The Labute approximate surface area is 104 Å². The SMILES string of the molecule is CC(C)CC[CH-]CCSC(=O)C(C)(C)CO. The molecule has 0 saturated heterocycles. The van der Waals surface area contributed by atoms with Gasteiger partial charge in [0.25, 0.3) is 0 Å². The summed E-state index contributed by atoms with van der Waals surface area (Å²) in [4.78, 5) is 11.6. The topological polar surface area (TPSA) is 37.3 Å². The lowest BCUT2D eigenvalue weighted by Crippen LogP contribution is -2.25. The largest absolute Gasteiger partial charge is 0.395 e. The Morgan fingerprint density at radius 3 is 2.50 bits per heavy atom. The zero-order valence-corrected chi connectivity index (χ0v) is 11.8. The van der Waals surface area contributed by atoms with Gasteiger partial charge >= 0.3 is 0 Å². The van der Waals surface area contributed by atoms with Crippen LogP contribution in [-0.4, -0.2) is 22.6 Å². The Balaban J connectivity index is 3.49. The minimum atomic E-state index is -0.595. The van der Waals surface area contributed by atoms with Gasteiger partial charge in [-0.3, -0.25) is 4.79 Å². The van der Waals surface area contributed by atoms with Crippen LogP contribution in [0.3, 0.4) is 0 Å². The standard InChI is InChI=1S/C13H25O2S/c1-11(2)8-6-5-7-9-16-12(15)13(3,4)10-14/h5,11,14H,6-10H2,1-4H3/q-1. The van der Waals surface area contributed by atoms with Crippen molar-refractivity contribution in [2.24, 2.45) is 11.3 Å². The van der Waals surface area contributed by atoms with E-state index in [0.29, 0.717) is 0 Å². The maximum absolute atomic E-state index is 11.6. The maximum atomic E-state index is 11.6. The second-order valence-corrected chi connectivity index (χ2v) is 6.29. The van der Waals surface area contributed by atoms with Crippen LogP contribution in [0.5, 0.6) is 0 Å². The van der Waals surface area contributed by atoms with Gasteiger partial charge in [0.1, 0.15) is 0 Å². The number of rotatable bonds is 8. The van der Waals surface area contributed by atoms with Gasteiger partial charge in [-0.1, -0.05) is 32.0 Å². The number of carbonyl (C=O) groups excluding carboxylic acids is 1. The average molecular weight is 245 g/mol. The highest BCUT2D eigenvalue weighted by Gasteiger charge is 2.26. The maximum Gasteiger partial charge on any atom is 0.196 e. The Morgan fingerprint density at radius 2 is 2.00 bits per heavy atom. The molecule has 0 atom stereocenters. The molecule has 0 rings (SSSR count). The minimum absolute atomic E-state index is 0.0735. The van der Waals surface area contributed by atoms with Crippen molar-refractivity contribution in [3.8, 4) is 0 Å². The molecular weight excluding hydrogens is 220 g/mol. The fourth-order valence-electron chi connectivity index (χ4n) is 1.09. The molecule has 1 N–H and O–H groups in total. The third kappa shape index (κ3) is 7.29. The molecule has 16 heavy (non-hydrogen) atoms.